The Hall–Kier alpha value is -0.635. The predicted molar refractivity (Wildman–Crippen MR) is 81.5 cm³/mol. The molecular formula is C12H26BFN2O2P. The Kier molecular flexibility index (Phi) is 15.0. The number of halogens is 1. The summed E-state index contributed by atoms with van der Waals surface area (Å²) < 4.78 is 11.5. The average molecular weight is 291 g/mol. The summed E-state index contributed by atoms with van der Waals surface area (Å²) in [5.74, 6) is 0.168. The molecule has 0 aromatic rings. The molecule has 1 radical (unpaired) electrons. The van der Waals surface area contributed by atoms with Gasteiger partial charge in [0.1, 0.15) is 6.67 Å². The number of nitrogens with one attached hydrogen (secondary N) is 2. The smallest absolute Gasteiger partial charge is 0.273 e. The lowest BCUT2D eigenvalue weighted by Gasteiger charge is -2.07. The first-order valence-electron chi connectivity index (χ1n) is 6.61. The van der Waals surface area contributed by atoms with Gasteiger partial charge < -0.3 is 10.5 Å². The molecule has 0 aromatic heterocycles. The number of rotatable bonds is 7. The number of amides is 2. The first-order valence-corrected chi connectivity index (χ1v) is 7.28. The normalized spacial score (nSPS) is 12.5. The van der Waals surface area contributed by atoms with Crippen molar-refractivity contribution in [2.45, 2.75) is 40.5 Å². The van der Waals surface area contributed by atoms with Gasteiger partial charge in [-0.25, -0.2) is 4.39 Å². The minimum atomic E-state index is -0.484. The molecule has 0 spiro atoms. The summed E-state index contributed by atoms with van der Waals surface area (Å²) in [5, 5.41) is 5.06. The second-order valence-corrected chi connectivity index (χ2v) is 4.61. The molecular weight excluding hydrogens is 265 g/mol. The molecule has 2 N–H and O–H groups in total. The third-order valence-electron chi connectivity index (χ3n) is 2.74. The van der Waals surface area contributed by atoms with E-state index in [9.17, 15) is 14.0 Å². The predicted octanol–water partition coefficient (Wildman–Crippen LogP) is 1.68. The number of carbonyl (C=O) groups excluding carboxylic acids is 2. The summed E-state index contributed by atoms with van der Waals surface area (Å²) in [5.41, 5.74) is 0. The van der Waals surface area contributed by atoms with Gasteiger partial charge >= 0.3 is 0 Å². The van der Waals surface area contributed by atoms with Crippen LogP contribution in [0.25, 0.3) is 0 Å². The van der Waals surface area contributed by atoms with Crippen molar-refractivity contribution in [2.75, 3.05) is 13.2 Å². The quantitative estimate of drug-likeness (QED) is 0.554. The van der Waals surface area contributed by atoms with Gasteiger partial charge in [-0.3, -0.25) is 9.59 Å². The lowest BCUT2D eigenvalue weighted by atomic mass is 10.1. The van der Waals surface area contributed by atoms with E-state index in [0.717, 1.165) is 12.8 Å². The van der Waals surface area contributed by atoms with Crippen LogP contribution < -0.4 is 10.5 Å². The molecule has 3 atom stereocenters. The summed E-state index contributed by atoms with van der Waals surface area (Å²) in [6, 6.07) is 0. The summed E-state index contributed by atoms with van der Waals surface area (Å²) in [7, 11) is 3.91. The molecule has 0 aliphatic heterocycles. The van der Waals surface area contributed by atoms with Crippen LogP contribution in [0.4, 0.5) is 4.39 Å². The molecule has 19 heavy (non-hydrogen) atoms. The molecule has 0 heterocycles. The van der Waals surface area contributed by atoms with Crippen molar-refractivity contribution in [2.24, 2.45) is 11.8 Å². The van der Waals surface area contributed by atoms with Gasteiger partial charge in [-0.15, -0.1) is 0 Å². The zero-order chi connectivity index (χ0) is 15.3. The Labute approximate surface area is 119 Å². The third-order valence-corrected chi connectivity index (χ3v) is 2.91. The fraction of sp³-hybridized carbons (Fsp3) is 0.833. The van der Waals surface area contributed by atoms with E-state index in [1.165, 1.54) is 0 Å². The van der Waals surface area contributed by atoms with Crippen LogP contribution in [-0.4, -0.2) is 32.2 Å². The molecule has 0 aliphatic carbocycles. The third kappa shape index (κ3) is 12.2. The summed E-state index contributed by atoms with van der Waals surface area (Å²) >= 11 is 0. The molecule has 7 heteroatoms. The Bertz CT molecular complexity index is 258. The second-order valence-electron chi connectivity index (χ2n) is 4.27. The fourth-order valence-corrected chi connectivity index (χ4v) is 1.10. The van der Waals surface area contributed by atoms with Crippen LogP contribution >= 0.6 is 9.12 Å². The van der Waals surface area contributed by atoms with Crippen LogP contribution in [0.3, 0.4) is 0 Å². The zero-order valence-corrected chi connectivity index (χ0v) is 13.5. The highest BCUT2D eigenvalue weighted by molar-refractivity contribution is 7.55. The maximum Gasteiger partial charge on any atom is 0.273 e. The molecule has 0 bridgehead atoms. The summed E-state index contributed by atoms with van der Waals surface area (Å²) in [6.45, 7) is 7.31. The SMILES string of the molecule is CCC(C)C(=O)NCCF.CCC(C)C(=O)N[B]P. The zero-order valence-electron chi connectivity index (χ0n) is 12.3. The summed E-state index contributed by atoms with van der Waals surface area (Å²) in [6.07, 6.45) is 1.70. The van der Waals surface area contributed by atoms with E-state index in [-0.39, 0.29) is 30.2 Å². The van der Waals surface area contributed by atoms with Crippen LogP contribution in [0.5, 0.6) is 0 Å². The Morgan fingerprint density at radius 1 is 1.16 bits per heavy atom. The van der Waals surface area contributed by atoms with Gasteiger partial charge in [0.2, 0.25) is 11.8 Å². The van der Waals surface area contributed by atoms with Gasteiger partial charge in [-0.05, 0) is 12.8 Å². The van der Waals surface area contributed by atoms with Crippen LogP contribution in [0, 0.1) is 11.8 Å². The highest BCUT2D eigenvalue weighted by Crippen LogP contribution is 1.99. The monoisotopic (exact) mass is 291 g/mol. The first-order chi connectivity index (χ1) is 8.94. The van der Waals surface area contributed by atoms with E-state index in [2.05, 4.69) is 19.7 Å². The highest BCUT2D eigenvalue weighted by Gasteiger charge is 2.08. The highest BCUT2D eigenvalue weighted by atomic mass is 31.0. The van der Waals surface area contributed by atoms with Gasteiger partial charge in [-0.2, -0.15) is 9.12 Å². The van der Waals surface area contributed by atoms with Crippen molar-refractivity contribution in [3.63, 3.8) is 0 Å². The molecule has 0 saturated heterocycles. The second kappa shape index (κ2) is 13.8. The number of hydrogen-bond acceptors (Lipinski definition) is 2. The minimum absolute atomic E-state index is 0.00606. The lowest BCUT2D eigenvalue weighted by Crippen LogP contribution is -2.30. The van der Waals surface area contributed by atoms with Crippen molar-refractivity contribution < 1.29 is 14.0 Å². The maximum atomic E-state index is 11.5. The Balaban J connectivity index is 0. The topological polar surface area (TPSA) is 58.2 Å². The van der Waals surface area contributed by atoms with E-state index in [1.54, 1.807) is 7.13 Å². The molecule has 0 rings (SSSR count). The minimum Gasteiger partial charge on any atom is -0.399 e. The average Bonchev–Trinajstić information content (AvgIpc) is 2.43. The van der Waals surface area contributed by atoms with Gasteiger partial charge in [0.25, 0.3) is 7.13 Å². The van der Waals surface area contributed by atoms with E-state index >= 15 is 0 Å². The molecule has 4 nitrogen and oxygen atoms in total. The number of carbonyl (C=O) groups is 2. The van der Waals surface area contributed by atoms with Crippen molar-refractivity contribution in [3.05, 3.63) is 0 Å². The summed E-state index contributed by atoms with van der Waals surface area (Å²) in [4.78, 5) is 21.7. The largest absolute Gasteiger partial charge is 0.399 e. The maximum absolute atomic E-state index is 11.5. The van der Waals surface area contributed by atoms with Crippen molar-refractivity contribution in [1.82, 2.24) is 10.5 Å². The van der Waals surface area contributed by atoms with Crippen LogP contribution in [0.15, 0.2) is 0 Å². The Morgan fingerprint density at radius 2 is 1.63 bits per heavy atom. The van der Waals surface area contributed by atoms with Crippen LogP contribution in [0.1, 0.15) is 40.5 Å². The number of alkyl halides is 1. The van der Waals surface area contributed by atoms with E-state index in [0.29, 0.717) is 0 Å². The lowest BCUT2D eigenvalue weighted by molar-refractivity contribution is -0.124. The first kappa shape index (κ1) is 20.7. The van der Waals surface area contributed by atoms with Crippen LogP contribution in [-0.2, 0) is 9.59 Å². The van der Waals surface area contributed by atoms with Gasteiger partial charge in [-0.1, -0.05) is 27.7 Å². The van der Waals surface area contributed by atoms with E-state index in [1.807, 2.05) is 27.7 Å². The van der Waals surface area contributed by atoms with Crippen molar-refractivity contribution >= 4 is 28.1 Å². The molecule has 0 saturated carbocycles. The molecule has 111 valence electrons. The number of hydrogen-bond donors (Lipinski definition) is 2. The van der Waals surface area contributed by atoms with Gasteiger partial charge in [0, 0.05) is 18.4 Å². The fourth-order valence-electron chi connectivity index (χ4n) is 0.940. The molecule has 2 amide bonds. The molecule has 0 aliphatic rings. The standard InChI is InChI=1S/C7H14FNO.C5H12BNOP/c1-3-6(2)7(10)9-5-4-8;1-3-4(2)5(8)7-6-9/h6H,3-5H2,1-2H3,(H,9,10);4H,3,9H2,1-2H3,(H,7,8). The molecule has 0 aromatic carbocycles. The Morgan fingerprint density at radius 3 is 2.00 bits per heavy atom. The van der Waals surface area contributed by atoms with Gasteiger partial charge in [0.05, 0.1) is 0 Å². The van der Waals surface area contributed by atoms with Crippen LogP contribution in [0.2, 0.25) is 0 Å². The van der Waals surface area contributed by atoms with Crippen molar-refractivity contribution in [1.29, 1.82) is 0 Å². The van der Waals surface area contributed by atoms with E-state index < -0.39 is 6.67 Å². The van der Waals surface area contributed by atoms with Gasteiger partial charge in [0.15, 0.2) is 0 Å². The molecule has 0 fully saturated rings. The molecule has 3 unspecified atom stereocenters. The van der Waals surface area contributed by atoms with E-state index in [4.69, 9.17) is 0 Å². The van der Waals surface area contributed by atoms with Crippen molar-refractivity contribution in [3.8, 4) is 0 Å².